The molecule has 0 unspecified atom stereocenters. The van der Waals surface area contributed by atoms with Gasteiger partial charge in [0.05, 0.1) is 22.4 Å². The molecule has 0 atom stereocenters. The van der Waals surface area contributed by atoms with Gasteiger partial charge in [0.2, 0.25) is 5.91 Å². The molecular formula is C12H16BrN5O. The molecule has 0 spiro atoms. The molecule has 19 heavy (non-hydrogen) atoms. The van der Waals surface area contributed by atoms with Crippen LogP contribution in [-0.2, 0) is 24.4 Å². The van der Waals surface area contributed by atoms with Gasteiger partial charge in [-0.25, -0.2) is 0 Å². The summed E-state index contributed by atoms with van der Waals surface area (Å²) in [6.45, 7) is 5.38. The van der Waals surface area contributed by atoms with Crippen molar-refractivity contribution in [3.05, 3.63) is 34.3 Å². The molecule has 0 saturated heterocycles. The minimum absolute atomic E-state index is 0.0824. The van der Waals surface area contributed by atoms with Crippen molar-refractivity contribution < 1.29 is 4.79 Å². The van der Waals surface area contributed by atoms with Crippen molar-refractivity contribution in [1.82, 2.24) is 24.9 Å². The van der Waals surface area contributed by atoms with Gasteiger partial charge in [-0.2, -0.15) is 10.2 Å². The predicted molar refractivity (Wildman–Crippen MR) is 74.4 cm³/mol. The van der Waals surface area contributed by atoms with E-state index in [1.54, 1.807) is 10.9 Å². The van der Waals surface area contributed by atoms with Crippen LogP contribution in [0.25, 0.3) is 0 Å². The normalized spacial score (nSPS) is 10.7. The first-order valence-electron chi connectivity index (χ1n) is 6.07. The van der Waals surface area contributed by atoms with E-state index >= 15 is 0 Å². The van der Waals surface area contributed by atoms with Crippen LogP contribution in [-0.4, -0.2) is 25.5 Å². The van der Waals surface area contributed by atoms with E-state index in [4.69, 9.17) is 0 Å². The first-order valence-corrected chi connectivity index (χ1v) is 6.86. The Labute approximate surface area is 119 Å². The Bertz CT molecular complexity index is 555. The van der Waals surface area contributed by atoms with Crippen LogP contribution in [0.5, 0.6) is 0 Å². The summed E-state index contributed by atoms with van der Waals surface area (Å²) in [7, 11) is 0. The highest BCUT2D eigenvalue weighted by molar-refractivity contribution is 9.10. The SMILES string of the molecule is CCn1ccc(CNC(=O)Cn2cc(Br)c(C)n2)n1. The summed E-state index contributed by atoms with van der Waals surface area (Å²) < 4.78 is 4.34. The summed E-state index contributed by atoms with van der Waals surface area (Å²) in [4.78, 5) is 11.8. The number of rotatable bonds is 5. The lowest BCUT2D eigenvalue weighted by molar-refractivity contribution is -0.122. The fourth-order valence-electron chi connectivity index (χ4n) is 1.64. The highest BCUT2D eigenvalue weighted by Crippen LogP contribution is 2.12. The zero-order chi connectivity index (χ0) is 13.8. The quantitative estimate of drug-likeness (QED) is 0.905. The van der Waals surface area contributed by atoms with E-state index in [-0.39, 0.29) is 12.5 Å². The van der Waals surface area contributed by atoms with Gasteiger partial charge in [-0.3, -0.25) is 14.2 Å². The van der Waals surface area contributed by atoms with Crippen molar-refractivity contribution in [2.75, 3.05) is 0 Å². The van der Waals surface area contributed by atoms with Gasteiger partial charge in [0.15, 0.2) is 0 Å². The predicted octanol–water partition coefficient (Wildman–Crippen LogP) is 1.49. The van der Waals surface area contributed by atoms with E-state index in [0.717, 1.165) is 22.4 Å². The molecule has 2 rings (SSSR count). The average molecular weight is 326 g/mol. The Balaban J connectivity index is 1.84. The van der Waals surface area contributed by atoms with E-state index in [2.05, 4.69) is 31.4 Å². The maximum Gasteiger partial charge on any atom is 0.242 e. The number of aromatic nitrogens is 4. The molecule has 1 N–H and O–H groups in total. The molecule has 0 aromatic carbocycles. The number of nitrogens with one attached hydrogen (secondary N) is 1. The molecule has 2 aromatic rings. The third-order valence-corrected chi connectivity index (χ3v) is 3.46. The van der Waals surface area contributed by atoms with Gasteiger partial charge in [-0.05, 0) is 35.8 Å². The maximum absolute atomic E-state index is 11.8. The number of nitrogens with zero attached hydrogens (tertiary/aromatic N) is 4. The van der Waals surface area contributed by atoms with Crippen LogP contribution < -0.4 is 5.32 Å². The molecule has 0 fully saturated rings. The molecule has 0 aliphatic heterocycles. The minimum Gasteiger partial charge on any atom is -0.349 e. The standard InChI is InChI=1S/C12H16BrN5O/c1-3-17-5-4-10(16-17)6-14-12(19)8-18-7-11(13)9(2)15-18/h4-5,7H,3,6,8H2,1-2H3,(H,14,19). The van der Waals surface area contributed by atoms with Gasteiger partial charge in [0.25, 0.3) is 0 Å². The van der Waals surface area contributed by atoms with E-state index < -0.39 is 0 Å². The number of hydrogen-bond acceptors (Lipinski definition) is 3. The van der Waals surface area contributed by atoms with Crippen LogP contribution in [0.15, 0.2) is 22.9 Å². The molecule has 102 valence electrons. The highest BCUT2D eigenvalue weighted by atomic mass is 79.9. The summed E-state index contributed by atoms with van der Waals surface area (Å²) in [5.74, 6) is -0.0824. The number of halogens is 1. The Kier molecular flexibility index (Phi) is 4.36. The second-order valence-electron chi connectivity index (χ2n) is 4.20. The fourth-order valence-corrected chi connectivity index (χ4v) is 1.96. The summed E-state index contributed by atoms with van der Waals surface area (Å²) in [5.41, 5.74) is 1.72. The number of carbonyl (C=O) groups excluding carboxylic acids is 1. The lowest BCUT2D eigenvalue weighted by Gasteiger charge is -2.03. The largest absolute Gasteiger partial charge is 0.349 e. The van der Waals surface area contributed by atoms with E-state index in [9.17, 15) is 4.79 Å². The molecule has 6 nitrogen and oxygen atoms in total. The van der Waals surface area contributed by atoms with Gasteiger partial charge in [0, 0.05) is 18.9 Å². The number of aryl methyl sites for hydroxylation is 2. The average Bonchev–Trinajstić information content (AvgIpc) is 2.94. The fraction of sp³-hybridized carbons (Fsp3) is 0.417. The topological polar surface area (TPSA) is 64.7 Å². The molecule has 0 aliphatic carbocycles. The van der Waals surface area contributed by atoms with Crippen LogP contribution in [0, 0.1) is 6.92 Å². The summed E-state index contributed by atoms with van der Waals surface area (Å²) >= 11 is 3.36. The van der Waals surface area contributed by atoms with Crippen molar-refractivity contribution in [2.45, 2.75) is 33.5 Å². The molecule has 1 amide bonds. The van der Waals surface area contributed by atoms with Crippen LogP contribution in [0.1, 0.15) is 18.3 Å². The molecule has 0 bridgehead atoms. The van der Waals surface area contributed by atoms with E-state index in [1.807, 2.05) is 30.8 Å². The molecule has 2 aromatic heterocycles. The second-order valence-corrected chi connectivity index (χ2v) is 5.05. The zero-order valence-electron chi connectivity index (χ0n) is 10.9. The first kappa shape index (κ1) is 13.8. The van der Waals surface area contributed by atoms with Gasteiger partial charge in [-0.15, -0.1) is 0 Å². The lowest BCUT2D eigenvalue weighted by atomic mass is 10.4. The summed E-state index contributed by atoms with van der Waals surface area (Å²) in [6.07, 6.45) is 3.69. The minimum atomic E-state index is -0.0824. The van der Waals surface area contributed by atoms with Crippen LogP contribution in [0.4, 0.5) is 0 Å². The number of amides is 1. The molecule has 0 aliphatic rings. The zero-order valence-corrected chi connectivity index (χ0v) is 12.5. The Morgan fingerprint density at radius 2 is 2.21 bits per heavy atom. The van der Waals surface area contributed by atoms with Crippen molar-refractivity contribution in [3.8, 4) is 0 Å². The van der Waals surface area contributed by atoms with E-state index in [0.29, 0.717) is 6.54 Å². The van der Waals surface area contributed by atoms with Gasteiger partial charge < -0.3 is 5.32 Å². The third kappa shape index (κ3) is 3.66. The van der Waals surface area contributed by atoms with Crippen molar-refractivity contribution in [1.29, 1.82) is 0 Å². The van der Waals surface area contributed by atoms with E-state index in [1.165, 1.54) is 0 Å². The smallest absolute Gasteiger partial charge is 0.242 e. The monoisotopic (exact) mass is 325 g/mol. The second kappa shape index (κ2) is 6.01. The third-order valence-electron chi connectivity index (χ3n) is 2.68. The lowest BCUT2D eigenvalue weighted by Crippen LogP contribution is -2.27. The number of carbonyl (C=O) groups is 1. The van der Waals surface area contributed by atoms with Gasteiger partial charge in [0.1, 0.15) is 6.54 Å². The Morgan fingerprint density at radius 3 is 2.79 bits per heavy atom. The van der Waals surface area contributed by atoms with Gasteiger partial charge >= 0.3 is 0 Å². The molecular weight excluding hydrogens is 310 g/mol. The van der Waals surface area contributed by atoms with Gasteiger partial charge in [-0.1, -0.05) is 0 Å². The van der Waals surface area contributed by atoms with Crippen molar-refractivity contribution in [2.24, 2.45) is 0 Å². The van der Waals surface area contributed by atoms with Crippen LogP contribution in [0.3, 0.4) is 0 Å². The van der Waals surface area contributed by atoms with Crippen molar-refractivity contribution >= 4 is 21.8 Å². The summed E-state index contributed by atoms with van der Waals surface area (Å²) in [6, 6.07) is 1.90. The molecule has 2 heterocycles. The van der Waals surface area contributed by atoms with Crippen molar-refractivity contribution in [3.63, 3.8) is 0 Å². The highest BCUT2D eigenvalue weighted by Gasteiger charge is 2.07. The molecule has 0 saturated carbocycles. The molecule has 0 radical (unpaired) electrons. The molecule has 7 heteroatoms. The first-order chi connectivity index (χ1) is 9.08. The Hall–Kier alpha value is -1.63. The summed E-state index contributed by atoms with van der Waals surface area (Å²) in [5, 5.41) is 11.3. The van der Waals surface area contributed by atoms with Crippen LogP contribution in [0.2, 0.25) is 0 Å². The number of hydrogen-bond donors (Lipinski definition) is 1. The Morgan fingerprint density at radius 1 is 1.42 bits per heavy atom. The maximum atomic E-state index is 11.8. The van der Waals surface area contributed by atoms with Crippen LogP contribution >= 0.6 is 15.9 Å².